The highest BCUT2D eigenvalue weighted by atomic mass is 16.5. The van der Waals surface area contributed by atoms with Gasteiger partial charge in [0.2, 0.25) is 0 Å². The number of nitrogens with zero attached hydrogens (tertiary/aromatic N) is 2. The van der Waals surface area contributed by atoms with Crippen molar-refractivity contribution in [2.75, 3.05) is 13.7 Å². The first-order valence-electron chi connectivity index (χ1n) is 8.05. The molecule has 0 aliphatic heterocycles. The quantitative estimate of drug-likeness (QED) is 0.762. The van der Waals surface area contributed by atoms with Crippen LogP contribution in [0.2, 0.25) is 0 Å². The standard InChI is InChI=1S/C17H25N3O2/c1-4-6-7-8-11-18-17(21)15-13(5-2)19-16-14(22-3)10-9-12-20(15)16/h9-10,12H,4-8,11H2,1-3H3,(H,18,21). The number of carbonyl (C=O) groups excluding carboxylic acids is 1. The summed E-state index contributed by atoms with van der Waals surface area (Å²) in [6, 6.07) is 3.72. The van der Waals surface area contributed by atoms with Gasteiger partial charge in [0.1, 0.15) is 5.69 Å². The fourth-order valence-corrected chi connectivity index (χ4v) is 2.57. The molecule has 5 heteroatoms. The Morgan fingerprint density at radius 3 is 2.82 bits per heavy atom. The van der Waals surface area contributed by atoms with Crippen molar-refractivity contribution in [1.29, 1.82) is 0 Å². The largest absolute Gasteiger partial charge is 0.493 e. The average molecular weight is 303 g/mol. The van der Waals surface area contributed by atoms with E-state index in [4.69, 9.17) is 4.74 Å². The lowest BCUT2D eigenvalue weighted by atomic mass is 10.2. The first-order valence-corrected chi connectivity index (χ1v) is 8.05. The van der Waals surface area contributed by atoms with E-state index in [2.05, 4.69) is 17.2 Å². The van der Waals surface area contributed by atoms with Crippen molar-refractivity contribution in [1.82, 2.24) is 14.7 Å². The molecule has 5 nitrogen and oxygen atoms in total. The van der Waals surface area contributed by atoms with Crippen LogP contribution in [-0.2, 0) is 6.42 Å². The van der Waals surface area contributed by atoms with Gasteiger partial charge in [0.15, 0.2) is 11.4 Å². The number of imidazole rings is 1. The van der Waals surface area contributed by atoms with Crippen LogP contribution in [0, 0.1) is 0 Å². The summed E-state index contributed by atoms with van der Waals surface area (Å²) < 4.78 is 7.15. The van der Waals surface area contributed by atoms with Crippen molar-refractivity contribution in [2.24, 2.45) is 0 Å². The molecule has 2 aromatic heterocycles. The Balaban J connectivity index is 2.20. The number of ether oxygens (including phenoxy) is 1. The molecule has 0 spiro atoms. The first kappa shape index (κ1) is 16.3. The first-order chi connectivity index (χ1) is 10.7. The van der Waals surface area contributed by atoms with Crippen LogP contribution in [0.1, 0.15) is 55.7 Å². The molecule has 120 valence electrons. The predicted molar refractivity (Wildman–Crippen MR) is 87.6 cm³/mol. The van der Waals surface area contributed by atoms with Gasteiger partial charge in [0.05, 0.1) is 12.8 Å². The molecule has 0 aromatic carbocycles. The molecule has 1 N–H and O–H groups in total. The van der Waals surface area contributed by atoms with E-state index in [9.17, 15) is 4.79 Å². The van der Waals surface area contributed by atoms with Gasteiger partial charge in [-0.3, -0.25) is 9.20 Å². The minimum atomic E-state index is -0.0610. The fourth-order valence-electron chi connectivity index (χ4n) is 2.57. The van der Waals surface area contributed by atoms with Gasteiger partial charge in [0.25, 0.3) is 5.91 Å². The summed E-state index contributed by atoms with van der Waals surface area (Å²) >= 11 is 0. The molecule has 1 amide bonds. The Morgan fingerprint density at radius 1 is 1.32 bits per heavy atom. The molecule has 0 aliphatic carbocycles. The maximum Gasteiger partial charge on any atom is 0.270 e. The number of methoxy groups -OCH3 is 1. The van der Waals surface area contributed by atoms with Crippen LogP contribution < -0.4 is 10.1 Å². The zero-order valence-electron chi connectivity index (χ0n) is 13.7. The molecule has 2 aromatic rings. The zero-order chi connectivity index (χ0) is 15.9. The summed E-state index contributed by atoms with van der Waals surface area (Å²) in [5.41, 5.74) is 2.11. The molecule has 22 heavy (non-hydrogen) atoms. The van der Waals surface area contributed by atoms with Crippen LogP contribution in [-0.4, -0.2) is 28.9 Å². The lowest BCUT2D eigenvalue weighted by molar-refractivity contribution is 0.0946. The van der Waals surface area contributed by atoms with Crippen molar-refractivity contribution in [3.8, 4) is 5.75 Å². The third-order valence-corrected chi connectivity index (χ3v) is 3.77. The smallest absolute Gasteiger partial charge is 0.270 e. The van der Waals surface area contributed by atoms with E-state index in [-0.39, 0.29) is 5.91 Å². The lowest BCUT2D eigenvalue weighted by Gasteiger charge is -2.07. The van der Waals surface area contributed by atoms with Crippen molar-refractivity contribution in [2.45, 2.75) is 46.0 Å². The molecule has 0 bridgehead atoms. The van der Waals surface area contributed by atoms with Crippen molar-refractivity contribution in [3.05, 3.63) is 29.7 Å². The van der Waals surface area contributed by atoms with Gasteiger partial charge in [-0.15, -0.1) is 0 Å². The number of unbranched alkanes of at least 4 members (excludes halogenated alkanes) is 3. The second kappa shape index (κ2) is 7.82. The molecule has 0 saturated carbocycles. The highest BCUT2D eigenvalue weighted by Crippen LogP contribution is 2.22. The minimum absolute atomic E-state index is 0.0610. The summed E-state index contributed by atoms with van der Waals surface area (Å²) in [6.07, 6.45) is 7.14. The van der Waals surface area contributed by atoms with E-state index in [1.807, 2.05) is 29.7 Å². The molecule has 0 fully saturated rings. The highest BCUT2D eigenvalue weighted by Gasteiger charge is 2.19. The summed E-state index contributed by atoms with van der Waals surface area (Å²) in [4.78, 5) is 17.1. The van der Waals surface area contributed by atoms with Gasteiger partial charge in [-0.05, 0) is 25.0 Å². The van der Waals surface area contributed by atoms with Gasteiger partial charge in [0, 0.05) is 12.7 Å². The summed E-state index contributed by atoms with van der Waals surface area (Å²) in [5, 5.41) is 3.01. The number of pyridine rings is 1. The van der Waals surface area contributed by atoms with Crippen LogP contribution in [0.15, 0.2) is 18.3 Å². The summed E-state index contributed by atoms with van der Waals surface area (Å²) in [7, 11) is 1.61. The lowest BCUT2D eigenvalue weighted by Crippen LogP contribution is -2.26. The fraction of sp³-hybridized carbons (Fsp3) is 0.529. The van der Waals surface area contributed by atoms with Crippen LogP contribution >= 0.6 is 0 Å². The molecular weight excluding hydrogens is 278 g/mol. The molecule has 0 unspecified atom stereocenters. The topological polar surface area (TPSA) is 55.6 Å². The molecular formula is C17H25N3O2. The van der Waals surface area contributed by atoms with Crippen LogP contribution in [0.5, 0.6) is 5.75 Å². The van der Waals surface area contributed by atoms with Crippen molar-refractivity contribution in [3.63, 3.8) is 0 Å². The maximum absolute atomic E-state index is 12.5. The second-order valence-corrected chi connectivity index (χ2v) is 5.35. The second-order valence-electron chi connectivity index (χ2n) is 5.35. The molecule has 2 heterocycles. The van der Waals surface area contributed by atoms with Crippen molar-refractivity contribution < 1.29 is 9.53 Å². The number of amides is 1. The normalized spacial score (nSPS) is 10.9. The van der Waals surface area contributed by atoms with Gasteiger partial charge >= 0.3 is 0 Å². The van der Waals surface area contributed by atoms with Gasteiger partial charge < -0.3 is 10.1 Å². The predicted octanol–water partition coefficient (Wildman–Crippen LogP) is 3.22. The maximum atomic E-state index is 12.5. The third-order valence-electron chi connectivity index (χ3n) is 3.77. The average Bonchev–Trinajstić information content (AvgIpc) is 2.93. The molecule has 0 aliphatic rings. The highest BCUT2D eigenvalue weighted by molar-refractivity contribution is 5.95. The van der Waals surface area contributed by atoms with E-state index in [1.54, 1.807) is 7.11 Å². The molecule has 0 saturated heterocycles. The Kier molecular flexibility index (Phi) is 5.81. The van der Waals surface area contributed by atoms with E-state index in [0.29, 0.717) is 30.1 Å². The number of fused-ring (bicyclic) bond motifs is 1. The molecule has 2 rings (SSSR count). The van der Waals surface area contributed by atoms with Gasteiger partial charge in [-0.1, -0.05) is 33.1 Å². The van der Waals surface area contributed by atoms with Crippen LogP contribution in [0.25, 0.3) is 5.65 Å². The SMILES string of the molecule is CCCCCCNC(=O)c1c(CC)nc2c(OC)cccn12. The summed E-state index contributed by atoms with van der Waals surface area (Å²) in [5.74, 6) is 0.619. The van der Waals surface area contributed by atoms with E-state index in [0.717, 1.165) is 18.5 Å². The minimum Gasteiger partial charge on any atom is -0.493 e. The molecule has 0 radical (unpaired) electrons. The summed E-state index contributed by atoms with van der Waals surface area (Å²) in [6.45, 7) is 4.89. The van der Waals surface area contributed by atoms with Crippen LogP contribution in [0.4, 0.5) is 0 Å². The number of hydrogen-bond donors (Lipinski definition) is 1. The number of aryl methyl sites for hydroxylation is 1. The molecule has 0 atom stereocenters. The van der Waals surface area contributed by atoms with Gasteiger partial charge in [-0.25, -0.2) is 4.98 Å². The van der Waals surface area contributed by atoms with Crippen molar-refractivity contribution >= 4 is 11.6 Å². The Hall–Kier alpha value is -2.04. The Morgan fingerprint density at radius 2 is 2.14 bits per heavy atom. The van der Waals surface area contributed by atoms with E-state index >= 15 is 0 Å². The van der Waals surface area contributed by atoms with Crippen LogP contribution in [0.3, 0.4) is 0 Å². The van der Waals surface area contributed by atoms with E-state index < -0.39 is 0 Å². The third kappa shape index (κ3) is 3.40. The number of aromatic nitrogens is 2. The number of carbonyl (C=O) groups is 1. The van der Waals surface area contributed by atoms with Gasteiger partial charge in [-0.2, -0.15) is 0 Å². The Bertz CT molecular complexity index is 634. The number of hydrogen-bond acceptors (Lipinski definition) is 3. The Labute approximate surface area is 131 Å². The number of rotatable bonds is 8. The monoisotopic (exact) mass is 303 g/mol. The zero-order valence-corrected chi connectivity index (χ0v) is 13.7. The number of nitrogens with one attached hydrogen (secondary N) is 1. The van der Waals surface area contributed by atoms with E-state index in [1.165, 1.54) is 12.8 Å².